The van der Waals surface area contributed by atoms with Crippen LogP contribution in [0.2, 0.25) is 0 Å². The van der Waals surface area contributed by atoms with Gasteiger partial charge in [-0.3, -0.25) is 0 Å². The van der Waals surface area contributed by atoms with Crippen LogP contribution < -0.4 is 10.1 Å². The van der Waals surface area contributed by atoms with Crippen molar-refractivity contribution in [1.82, 2.24) is 15.1 Å². The van der Waals surface area contributed by atoms with Gasteiger partial charge in [-0.05, 0) is 56.2 Å². The molecule has 1 heterocycles. The summed E-state index contributed by atoms with van der Waals surface area (Å²) in [5.74, 6) is 0.451. The van der Waals surface area contributed by atoms with Gasteiger partial charge in [-0.25, -0.2) is 9.07 Å². The van der Waals surface area contributed by atoms with Crippen molar-refractivity contribution in [3.8, 4) is 11.6 Å². The Hall–Kier alpha value is -2.66. The zero-order valence-corrected chi connectivity index (χ0v) is 15.5. The third-order valence-electron chi connectivity index (χ3n) is 4.44. The molecule has 0 saturated carbocycles. The number of halogens is 1. The van der Waals surface area contributed by atoms with Gasteiger partial charge >= 0.3 is 0 Å². The Morgan fingerprint density at radius 3 is 2.50 bits per heavy atom. The minimum absolute atomic E-state index is 0.00388. The summed E-state index contributed by atoms with van der Waals surface area (Å²) in [6.45, 7) is 6.10. The molecule has 1 N–H and O–H groups in total. The van der Waals surface area contributed by atoms with E-state index in [1.807, 2.05) is 51.1 Å². The number of aryl methyl sites for hydroxylation is 1. The highest BCUT2D eigenvalue weighted by Crippen LogP contribution is 2.25. The van der Waals surface area contributed by atoms with E-state index in [9.17, 15) is 4.39 Å². The van der Waals surface area contributed by atoms with Crippen molar-refractivity contribution >= 4 is 0 Å². The van der Waals surface area contributed by atoms with Crippen molar-refractivity contribution in [1.29, 1.82) is 0 Å². The van der Waals surface area contributed by atoms with Gasteiger partial charge in [0, 0.05) is 18.2 Å². The second kappa shape index (κ2) is 7.70. The summed E-state index contributed by atoms with van der Waals surface area (Å²) in [6.07, 6.45) is 0. The normalized spacial score (nSPS) is 13.4. The van der Waals surface area contributed by atoms with Gasteiger partial charge in [-0.1, -0.05) is 24.3 Å². The predicted molar refractivity (Wildman–Crippen MR) is 101 cm³/mol. The molecule has 2 aromatic carbocycles. The molecule has 0 aliphatic heterocycles. The summed E-state index contributed by atoms with van der Waals surface area (Å²) in [7, 11) is 1.64. The van der Waals surface area contributed by atoms with Crippen molar-refractivity contribution in [3.05, 3.63) is 77.2 Å². The summed E-state index contributed by atoms with van der Waals surface area (Å²) in [4.78, 5) is 0. The number of rotatable bonds is 6. The van der Waals surface area contributed by atoms with Crippen LogP contribution in [0.1, 0.15) is 42.8 Å². The molecule has 0 saturated heterocycles. The molecule has 1 aromatic heterocycles. The van der Waals surface area contributed by atoms with E-state index in [1.54, 1.807) is 23.9 Å². The van der Waals surface area contributed by atoms with Crippen LogP contribution >= 0.6 is 0 Å². The number of hydrogen-bond donors (Lipinski definition) is 1. The summed E-state index contributed by atoms with van der Waals surface area (Å²) < 4.78 is 20.7. The highest BCUT2D eigenvalue weighted by Gasteiger charge is 2.17. The topological polar surface area (TPSA) is 39.1 Å². The minimum Gasteiger partial charge on any atom is -0.481 e. The molecular weight excluding hydrogens is 329 g/mol. The van der Waals surface area contributed by atoms with Gasteiger partial charge < -0.3 is 10.1 Å². The van der Waals surface area contributed by atoms with Gasteiger partial charge in [0.05, 0.1) is 18.5 Å². The van der Waals surface area contributed by atoms with E-state index in [0.29, 0.717) is 5.88 Å². The summed E-state index contributed by atoms with van der Waals surface area (Å²) in [6, 6.07) is 16.7. The fraction of sp³-hybridized carbons (Fsp3) is 0.286. The Morgan fingerprint density at radius 2 is 1.81 bits per heavy atom. The van der Waals surface area contributed by atoms with Crippen LogP contribution in [0.5, 0.6) is 5.88 Å². The summed E-state index contributed by atoms with van der Waals surface area (Å²) in [5.41, 5.74) is 3.89. The molecule has 3 aromatic rings. The van der Waals surface area contributed by atoms with Crippen molar-refractivity contribution in [3.63, 3.8) is 0 Å². The molecule has 5 heteroatoms. The minimum atomic E-state index is -0.228. The smallest absolute Gasteiger partial charge is 0.216 e. The lowest BCUT2D eigenvalue weighted by atomic mass is 10.1. The van der Waals surface area contributed by atoms with Crippen molar-refractivity contribution in [2.24, 2.45) is 0 Å². The van der Waals surface area contributed by atoms with E-state index in [-0.39, 0.29) is 17.9 Å². The molecule has 0 aliphatic carbocycles. The first-order valence-electron chi connectivity index (χ1n) is 8.70. The summed E-state index contributed by atoms with van der Waals surface area (Å²) in [5, 5.41) is 8.18. The predicted octanol–water partition coefficient (Wildman–Crippen LogP) is 4.74. The van der Waals surface area contributed by atoms with Crippen molar-refractivity contribution < 1.29 is 9.13 Å². The number of nitrogens with one attached hydrogen (secondary N) is 1. The molecular formula is C21H24FN3O. The molecule has 0 fully saturated rings. The lowest BCUT2D eigenvalue weighted by Crippen LogP contribution is -2.23. The molecule has 0 spiro atoms. The van der Waals surface area contributed by atoms with E-state index in [4.69, 9.17) is 9.84 Å². The maximum absolute atomic E-state index is 13.5. The molecule has 4 nitrogen and oxygen atoms in total. The standard InChI is InChI=1S/C21H24FN3O/c1-14-7-5-10-19(11-14)25-21(26-4)13-20(24-25)16(3)23-15(2)17-8-6-9-18(22)12-17/h5-13,15-16,23H,1-4H3/t15-,16?/m1/s1. The molecule has 2 atom stereocenters. The number of ether oxygens (including phenoxy) is 1. The molecule has 1 unspecified atom stereocenters. The Kier molecular flexibility index (Phi) is 5.38. The van der Waals surface area contributed by atoms with Crippen LogP contribution in [-0.4, -0.2) is 16.9 Å². The number of nitrogens with zero attached hydrogens (tertiary/aromatic N) is 2. The highest BCUT2D eigenvalue weighted by atomic mass is 19.1. The van der Waals surface area contributed by atoms with E-state index in [1.165, 1.54) is 6.07 Å². The molecule has 0 amide bonds. The average Bonchev–Trinajstić information content (AvgIpc) is 3.06. The van der Waals surface area contributed by atoms with Gasteiger partial charge in [-0.2, -0.15) is 5.10 Å². The van der Waals surface area contributed by atoms with Crippen LogP contribution in [0.25, 0.3) is 5.69 Å². The first-order valence-corrected chi connectivity index (χ1v) is 8.70. The Bertz CT molecular complexity index is 890. The first-order chi connectivity index (χ1) is 12.5. The molecule has 0 radical (unpaired) electrons. The zero-order chi connectivity index (χ0) is 18.7. The Labute approximate surface area is 153 Å². The van der Waals surface area contributed by atoms with Gasteiger partial charge in [0.15, 0.2) is 0 Å². The third kappa shape index (κ3) is 3.94. The second-order valence-electron chi connectivity index (χ2n) is 6.53. The van der Waals surface area contributed by atoms with E-state index < -0.39 is 0 Å². The van der Waals surface area contributed by atoms with E-state index in [0.717, 1.165) is 22.5 Å². The van der Waals surface area contributed by atoms with Crippen LogP contribution in [0.4, 0.5) is 4.39 Å². The monoisotopic (exact) mass is 353 g/mol. The number of methoxy groups -OCH3 is 1. The van der Waals surface area contributed by atoms with Gasteiger partial charge in [-0.15, -0.1) is 0 Å². The van der Waals surface area contributed by atoms with Crippen LogP contribution in [-0.2, 0) is 0 Å². The maximum atomic E-state index is 13.5. The lowest BCUT2D eigenvalue weighted by molar-refractivity contribution is 0.383. The lowest BCUT2D eigenvalue weighted by Gasteiger charge is -2.19. The van der Waals surface area contributed by atoms with Crippen molar-refractivity contribution in [2.75, 3.05) is 7.11 Å². The van der Waals surface area contributed by atoms with Gasteiger partial charge in [0.25, 0.3) is 0 Å². The van der Waals surface area contributed by atoms with Crippen LogP contribution in [0, 0.1) is 12.7 Å². The van der Waals surface area contributed by atoms with Crippen molar-refractivity contribution in [2.45, 2.75) is 32.9 Å². The molecule has 0 bridgehead atoms. The average molecular weight is 353 g/mol. The fourth-order valence-corrected chi connectivity index (χ4v) is 3.02. The van der Waals surface area contributed by atoms with Gasteiger partial charge in [0.2, 0.25) is 5.88 Å². The van der Waals surface area contributed by atoms with E-state index in [2.05, 4.69) is 11.4 Å². The first kappa shape index (κ1) is 18.1. The van der Waals surface area contributed by atoms with Gasteiger partial charge in [0.1, 0.15) is 5.82 Å². The number of aromatic nitrogens is 2. The Balaban J connectivity index is 1.82. The molecule has 3 rings (SSSR count). The SMILES string of the molecule is COc1cc(C(C)N[C@H](C)c2cccc(F)c2)nn1-c1cccc(C)c1. The molecule has 136 valence electrons. The fourth-order valence-electron chi connectivity index (χ4n) is 3.02. The number of hydrogen-bond acceptors (Lipinski definition) is 3. The van der Waals surface area contributed by atoms with E-state index >= 15 is 0 Å². The largest absolute Gasteiger partial charge is 0.481 e. The molecule has 0 aliphatic rings. The molecule has 26 heavy (non-hydrogen) atoms. The van der Waals surface area contributed by atoms with Crippen LogP contribution in [0.3, 0.4) is 0 Å². The maximum Gasteiger partial charge on any atom is 0.216 e. The van der Waals surface area contributed by atoms with Crippen LogP contribution in [0.15, 0.2) is 54.6 Å². The third-order valence-corrected chi connectivity index (χ3v) is 4.44. The summed E-state index contributed by atoms with van der Waals surface area (Å²) >= 11 is 0. The Morgan fingerprint density at radius 1 is 1.04 bits per heavy atom. The zero-order valence-electron chi connectivity index (χ0n) is 15.5. The quantitative estimate of drug-likeness (QED) is 0.696. The number of benzene rings is 2. The highest BCUT2D eigenvalue weighted by molar-refractivity contribution is 5.39. The second-order valence-corrected chi connectivity index (χ2v) is 6.53.